The van der Waals surface area contributed by atoms with E-state index in [1.54, 1.807) is 50.6 Å². The van der Waals surface area contributed by atoms with E-state index in [0.717, 1.165) is 11.3 Å². The first-order chi connectivity index (χ1) is 16.3. The molecule has 10 heteroatoms. The lowest BCUT2D eigenvalue weighted by Gasteiger charge is -2.28. The molecule has 0 saturated carbocycles. The third-order valence-corrected chi connectivity index (χ3v) is 7.66. The van der Waals surface area contributed by atoms with E-state index in [1.165, 1.54) is 4.31 Å². The van der Waals surface area contributed by atoms with E-state index >= 15 is 0 Å². The second-order valence-electron chi connectivity index (χ2n) is 7.78. The standard InChI is InChI=1S/C24H33N3O6S/c1-5-26(6-2)21-9-8-19(34(29,30)27-11-13-33-14-12-27)17-20(21)25-24(28)16-18-7-10-22(31-3)23(15-18)32-4/h7-10,15,17H,5-6,11-14,16H2,1-4H3,(H,25,28). The van der Waals surface area contributed by atoms with Crippen LogP contribution in [0.5, 0.6) is 11.5 Å². The first-order valence-corrected chi connectivity index (χ1v) is 12.8. The van der Waals surface area contributed by atoms with Crippen LogP contribution in [0, 0.1) is 0 Å². The number of sulfonamides is 1. The zero-order chi connectivity index (χ0) is 24.7. The Morgan fingerprint density at radius 2 is 1.71 bits per heavy atom. The van der Waals surface area contributed by atoms with Gasteiger partial charge in [-0.25, -0.2) is 8.42 Å². The molecule has 1 fully saturated rings. The fraction of sp³-hybridized carbons (Fsp3) is 0.458. The van der Waals surface area contributed by atoms with Crippen molar-refractivity contribution >= 4 is 27.3 Å². The van der Waals surface area contributed by atoms with Gasteiger partial charge in [-0.15, -0.1) is 0 Å². The van der Waals surface area contributed by atoms with E-state index in [0.29, 0.717) is 56.6 Å². The number of ether oxygens (including phenoxy) is 3. The van der Waals surface area contributed by atoms with E-state index in [2.05, 4.69) is 10.2 Å². The molecule has 0 atom stereocenters. The van der Waals surface area contributed by atoms with Gasteiger partial charge in [0.05, 0.1) is 50.1 Å². The van der Waals surface area contributed by atoms with Crippen molar-refractivity contribution in [3.63, 3.8) is 0 Å². The van der Waals surface area contributed by atoms with Crippen LogP contribution in [-0.4, -0.2) is 72.2 Å². The van der Waals surface area contributed by atoms with Gasteiger partial charge in [-0.2, -0.15) is 4.31 Å². The van der Waals surface area contributed by atoms with Gasteiger partial charge in [0.15, 0.2) is 11.5 Å². The van der Waals surface area contributed by atoms with E-state index in [1.807, 2.05) is 13.8 Å². The average Bonchev–Trinajstić information content (AvgIpc) is 2.85. The highest BCUT2D eigenvalue weighted by atomic mass is 32.2. The van der Waals surface area contributed by atoms with Crippen LogP contribution >= 0.6 is 0 Å². The first-order valence-electron chi connectivity index (χ1n) is 11.3. The van der Waals surface area contributed by atoms with Crippen molar-refractivity contribution in [1.82, 2.24) is 4.31 Å². The summed E-state index contributed by atoms with van der Waals surface area (Å²) < 4.78 is 43.7. The van der Waals surface area contributed by atoms with Crippen molar-refractivity contribution in [2.75, 3.05) is 63.8 Å². The van der Waals surface area contributed by atoms with Crippen LogP contribution in [0.15, 0.2) is 41.3 Å². The Labute approximate surface area is 201 Å². The number of carbonyl (C=O) groups is 1. The van der Waals surface area contributed by atoms with Crippen LogP contribution in [0.25, 0.3) is 0 Å². The summed E-state index contributed by atoms with van der Waals surface area (Å²) in [5, 5.41) is 2.93. The molecule has 1 aliphatic rings. The number of methoxy groups -OCH3 is 2. The summed E-state index contributed by atoms with van der Waals surface area (Å²) in [6.07, 6.45) is 0.0957. The number of amides is 1. The molecule has 2 aromatic rings. The zero-order valence-corrected chi connectivity index (χ0v) is 21.0. The second-order valence-corrected chi connectivity index (χ2v) is 9.72. The highest BCUT2D eigenvalue weighted by molar-refractivity contribution is 7.89. The Bertz CT molecular complexity index is 1100. The molecule has 0 unspecified atom stereocenters. The van der Waals surface area contributed by atoms with E-state index in [4.69, 9.17) is 14.2 Å². The summed E-state index contributed by atoms with van der Waals surface area (Å²) >= 11 is 0. The van der Waals surface area contributed by atoms with Crippen molar-refractivity contribution < 1.29 is 27.4 Å². The van der Waals surface area contributed by atoms with Gasteiger partial charge < -0.3 is 24.4 Å². The summed E-state index contributed by atoms with van der Waals surface area (Å²) in [5.41, 5.74) is 1.98. The summed E-state index contributed by atoms with van der Waals surface area (Å²) in [6.45, 7) is 6.79. The van der Waals surface area contributed by atoms with Gasteiger partial charge in [-0.1, -0.05) is 6.07 Å². The van der Waals surface area contributed by atoms with Crippen molar-refractivity contribution in [1.29, 1.82) is 0 Å². The van der Waals surface area contributed by atoms with Gasteiger partial charge in [0, 0.05) is 26.2 Å². The Morgan fingerprint density at radius 1 is 1.03 bits per heavy atom. The number of morpholine rings is 1. The van der Waals surface area contributed by atoms with Crippen molar-refractivity contribution in [2.24, 2.45) is 0 Å². The maximum atomic E-state index is 13.2. The Balaban J connectivity index is 1.89. The number of carbonyl (C=O) groups excluding carboxylic acids is 1. The lowest BCUT2D eigenvalue weighted by Crippen LogP contribution is -2.40. The van der Waals surface area contributed by atoms with Gasteiger partial charge >= 0.3 is 0 Å². The molecule has 2 aromatic carbocycles. The Morgan fingerprint density at radius 3 is 2.32 bits per heavy atom. The Kier molecular flexibility index (Phi) is 8.76. The summed E-state index contributed by atoms with van der Waals surface area (Å²) in [7, 11) is -0.606. The van der Waals surface area contributed by atoms with Crippen LogP contribution in [0.1, 0.15) is 19.4 Å². The van der Waals surface area contributed by atoms with Gasteiger partial charge in [-0.3, -0.25) is 4.79 Å². The third-order valence-electron chi connectivity index (χ3n) is 5.77. The predicted octanol–water partition coefficient (Wildman–Crippen LogP) is 2.75. The van der Waals surface area contributed by atoms with Crippen LogP contribution in [-0.2, 0) is 26.0 Å². The third kappa shape index (κ3) is 5.81. The topological polar surface area (TPSA) is 97.4 Å². The minimum atomic E-state index is -3.70. The van der Waals surface area contributed by atoms with Gasteiger partial charge in [0.1, 0.15) is 0 Å². The molecular weight excluding hydrogens is 458 g/mol. The molecule has 0 bridgehead atoms. The smallest absolute Gasteiger partial charge is 0.243 e. The highest BCUT2D eigenvalue weighted by Crippen LogP contribution is 2.31. The normalized spacial score (nSPS) is 14.5. The molecule has 1 aliphatic heterocycles. The largest absolute Gasteiger partial charge is 0.493 e. The van der Waals surface area contributed by atoms with Crippen LogP contribution in [0.3, 0.4) is 0 Å². The summed E-state index contributed by atoms with van der Waals surface area (Å²) in [6, 6.07) is 10.2. The highest BCUT2D eigenvalue weighted by Gasteiger charge is 2.27. The molecule has 9 nitrogen and oxygen atoms in total. The first kappa shape index (κ1) is 25.8. The number of nitrogens with zero attached hydrogens (tertiary/aromatic N) is 2. The quantitative estimate of drug-likeness (QED) is 0.546. The van der Waals surface area contributed by atoms with Gasteiger partial charge in [0.2, 0.25) is 15.9 Å². The average molecular weight is 492 g/mol. The van der Waals surface area contributed by atoms with E-state index < -0.39 is 10.0 Å². The van der Waals surface area contributed by atoms with Crippen LogP contribution in [0.2, 0.25) is 0 Å². The van der Waals surface area contributed by atoms with Crippen LogP contribution in [0.4, 0.5) is 11.4 Å². The maximum Gasteiger partial charge on any atom is 0.243 e. The van der Waals surface area contributed by atoms with E-state index in [9.17, 15) is 13.2 Å². The number of hydrogen-bond donors (Lipinski definition) is 1. The SMILES string of the molecule is CCN(CC)c1ccc(S(=O)(=O)N2CCOCC2)cc1NC(=O)Cc1ccc(OC)c(OC)c1. The molecule has 1 saturated heterocycles. The lowest BCUT2D eigenvalue weighted by molar-refractivity contribution is -0.115. The second kappa shape index (κ2) is 11.5. The molecular formula is C24H33N3O6S. The molecule has 0 radical (unpaired) electrons. The monoisotopic (exact) mass is 491 g/mol. The van der Waals surface area contributed by atoms with Crippen molar-refractivity contribution in [3.05, 3.63) is 42.0 Å². The number of hydrogen-bond acceptors (Lipinski definition) is 7. The number of benzene rings is 2. The molecule has 0 aromatic heterocycles. The maximum absolute atomic E-state index is 13.2. The molecule has 34 heavy (non-hydrogen) atoms. The Hall–Kier alpha value is -2.82. The van der Waals surface area contributed by atoms with Gasteiger partial charge in [-0.05, 0) is 49.7 Å². The molecule has 1 amide bonds. The fourth-order valence-electron chi connectivity index (χ4n) is 3.92. The van der Waals surface area contributed by atoms with Crippen LogP contribution < -0.4 is 19.7 Å². The minimum Gasteiger partial charge on any atom is -0.493 e. The number of rotatable bonds is 10. The van der Waals surface area contributed by atoms with Crippen molar-refractivity contribution in [2.45, 2.75) is 25.2 Å². The number of nitrogens with one attached hydrogen (secondary N) is 1. The fourth-order valence-corrected chi connectivity index (χ4v) is 5.36. The van der Waals surface area contributed by atoms with E-state index in [-0.39, 0.29) is 17.2 Å². The molecule has 1 heterocycles. The lowest BCUT2D eigenvalue weighted by atomic mass is 10.1. The van der Waals surface area contributed by atoms with Crippen molar-refractivity contribution in [3.8, 4) is 11.5 Å². The summed E-state index contributed by atoms with van der Waals surface area (Å²) in [5.74, 6) is 0.855. The molecule has 0 aliphatic carbocycles. The summed E-state index contributed by atoms with van der Waals surface area (Å²) in [4.78, 5) is 15.2. The molecule has 3 rings (SSSR count). The molecule has 0 spiro atoms. The predicted molar refractivity (Wildman–Crippen MR) is 131 cm³/mol. The number of anilines is 2. The minimum absolute atomic E-state index is 0.0957. The van der Waals surface area contributed by atoms with Gasteiger partial charge in [0.25, 0.3) is 0 Å². The molecule has 1 N–H and O–H groups in total. The zero-order valence-electron chi connectivity index (χ0n) is 20.2. The molecule has 186 valence electrons.